The first kappa shape index (κ1) is 10.8. The second kappa shape index (κ2) is 4.53. The van der Waals surface area contributed by atoms with E-state index < -0.39 is 0 Å². The van der Waals surface area contributed by atoms with Crippen LogP contribution in [0.1, 0.15) is 5.56 Å². The number of ether oxygens (including phenoxy) is 1. The van der Waals surface area contributed by atoms with Crippen LogP contribution in [0.2, 0.25) is 0 Å². The number of nitrogens with zero attached hydrogens (tertiary/aromatic N) is 2. The molecule has 18 heavy (non-hydrogen) atoms. The molecule has 0 saturated carbocycles. The van der Waals surface area contributed by atoms with E-state index >= 15 is 0 Å². The maximum absolute atomic E-state index is 5.16. The van der Waals surface area contributed by atoms with Crippen molar-refractivity contribution in [1.82, 2.24) is 4.40 Å². The summed E-state index contributed by atoms with van der Waals surface area (Å²) in [6.45, 7) is 0.866. The Balaban J connectivity index is 1.91. The second-order valence-electron chi connectivity index (χ2n) is 4.24. The highest BCUT2D eigenvalue weighted by atomic mass is 16.5. The third kappa shape index (κ3) is 1.95. The van der Waals surface area contributed by atoms with Crippen molar-refractivity contribution in [3.05, 3.63) is 66.6 Å². The highest BCUT2D eigenvalue weighted by Crippen LogP contribution is 2.11. The monoisotopic (exact) mass is 239 g/mol. The van der Waals surface area contributed by atoms with E-state index in [1.807, 2.05) is 18.2 Å². The Morgan fingerprint density at radius 1 is 1.06 bits per heavy atom. The van der Waals surface area contributed by atoms with E-state index in [1.54, 1.807) is 7.11 Å². The van der Waals surface area contributed by atoms with Crippen LogP contribution in [0, 0.1) is 0 Å². The van der Waals surface area contributed by atoms with Gasteiger partial charge >= 0.3 is 0 Å². The predicted molar refractivity (Wildman–Crippen MR) is 69.7 cm³/mol. The van der Waals surface area contributed by atoms with Crippen molar-refractivity contribution in [2.45, 2.75) is 6.54 Å². The number of pyridine rings is 1. The molecule has 0 aliphatic rings. The number of rotatable bonds is 3. The molecular formula is C15H15N2O+. The SMILES string of the molecule is COc1ccc(C[n+]2ccn3ccccc32)cc1. The molecular weight excluding hydrogens is 224 g/mol. The Morgan fingerprint density at radius 2 is 1.89 bits per heavy atom. The molecule has 90 valence electrons. The number of imidazole rings is 1. The molecule has 3 heteroatoms. The number of benzene rings is 1. The molecule has 1 aromatic carbocycles. The Hall–Kier alpha value is -2.29. The average molecular weight is 239 g/mol. The van der Waals surface area contributed by atoms with Gasteiger partial charge in [0.05, 0.1) is 13.3 Å². The molecule has 0 radical (unpaired) electrons. The molecule has 0 unspecified atom stereocenters. The molecule has 3 nitrogen and oxygen atoms in total. The van der Waals surface area contributed by atoms with E-state index in [4.69, 9.17) is 4.74 Å². The summed E-state index contributed by atoms with van der Waals surface area (Å²) in [4.78, 5) is 0. The van der Waals surface area contributed by atoms with Gasteiger partial charge in [-0.25, -0.2) is 8.97 Å². The first-order chi connectivity index (χ1) is 8.86. The smallest absolute Gasteiger partial charge is 0.286 e. The number of hydrogen-bond donors (Lipinski definition) is 0. The Morgan fingerprint density at radius 3 is 2.67 bits per heavy atom. The minimum atomic E-state index is 0.866. The fourth-order valence-corrected chi connectivity index (χ4v) is 2.11. The van der Waals surface area contributed by atoms with E-state index in [1.165, 1.54) is 11.2 Å². The molecule has 2 heterocycles. The van der Waals surface area contributed by atoms with Gasteiger partial charge in [-0.05, 0) is 23.8 Å². The summed E-state index contributed by atoms with van der Waals surface area (Å²) < 4.78 is 9.50. The van der Waals surface area contributed by atoms with Gasteiger partial charge in [-0.3, -0.25) is 0 Å². The maximum Gasteiger partial charge on any atom is 0.286 e. The van der Waals surface area contributed by atoms with Crippen molar-refractivity contribution in [3.8, 4) is 5.75 Å². The second-order valence-corrected chi connectivity index (χ2v) is 4.24. The van der Waals surface area contributed by atoms with Gasteiger partial charge in [0.15, 0.2) is 0 Å². The molecule has 0 amide bonds. The molecule has 3 aromatic rings. The van der Waals surface area contributed by atoms with E-state index in [2.05, 4.69) is 51.8 Å². The number of fused-ring (bicyclic) bond motifs is 1. The van der Waals surface area contributed by atoms with E-state index in [0.717, 1.165) is 12.3 Å². The molecule has 0 spiro atoms. The Labute approximate surface area is 106 Å². The number of hydrogen-bond acceptors (Lipinski definition) is 1. The lowest BCUT2D eigenvalue weighted by Gasteiger charge is -2.01. The molecule has 3 rings (SSSR count). The summed E-state index contributed by atoms with van der Waals surface area (Å²) in [7, 11) is 1.69. The molecule has 0 fully saturated rings. The minimum Gasteiger partial charge on any atom is -0.497 e. The zero-order chi connectivity index (χ0) is 12.4. The quantitative estimate of drug-likeness (QED) is 0.641. The van der Waals surface area contributed by atoms with Crippen LogP contribution in [0.15, 0.2) is 61.1 Å². The molecule has 0 aliphatic carbocycles. The van der Waals surface area contributed by atoms with Crippen LogP contribution in [-0.4, -0.2) is 11.5 Å². The normalized spacial score (nSPS) is 10.7. The summed E-state index contributed by atoms with van der Waals surface area (Å²) in [5.74, 6) is 0.894. The average Bonchev–Trinajstić information content (AvgIpc) is 2.83. The lowest BCUT2D eigenvalue weighted by Crippen LogP contribution is -2.32. The van der Waals surface area contributed by atoms with Crippen LogP contribution in [0.25, 0.3) is 5.65 Å². The Kier molecular flexibility index (Phi) is 2.73. The number of aromatic nitrogens is 2. The lowest BCUT2D eigenvalue weighted by molar-refractivity contribution is -0.661. The van der Waals surface area contributed by atoms with Crippen LogP contribution in [0.4, 0.5) is 0 Å². The standard InChI is InChI=1S/C15H15N2O/c1-18-14-7-5-13(6-8-14)12-17-11-10-16-9-3-2-4-15(16)17/h2-11H,12H2,1H3/q+1. The van der Waals surface area contributed by atoms with Crippen molar-refractivity contribution in [2.24, 2.45) is 0 Å². The minimum absolute atomic E-state index is 0.866. The largest absolute Gasteiger partial charge is 0.497 e. The maximum atomic E-state index is 5.16. The fraction of sp³-hybridized carbons (Fsp3) is 0.133. The molecule has 2 aromatic heterocycles. The zero-order valence-corrected chi connectivity index (χ0v) is 10.3. The lowest BCUT2D eigenvalue weighted by atomic mass is 10.2. The summed E-state index contributed by atoms with van der Waals surface area (Å²) >= 11 is 0. The van der Waals surface area contributed by atoms with Crippen LogP contribution in [0.5, 0.6) is 5.75 Å². The summed E-state index contributed by atoms with van der Waals surface area (Å²) in [5, 5.41) is 0. The van der Waals surface area contributed by atoms with Gasteiger partial charge in [-0.15, -0.1) is 0 Å². The van der Waals surface area contributed by atoms with E-state index in [-0.39, 0.29) is 0 Å². The molecule has 0 N–H and O–H groups in total. The van der Waals surface area contributed by atoms with Gasteiger partial charge in [0.2, 0.25) is 0 Å². The zero-order valence-electron chi connectivity index (χ0n) is 10.3. The van der Waals surface area contributed by atoms with Crippen molar-refractivity contribution >= 4 is 5.65 Å². The van der Waals surface area contributed by atoms with Crippen molar-refractivity contribution in [3.63, 3.8) is 0 Å². The van der Waals surface area contributed by atoms with Gasteiger partial charge < -0.3 is 4.74 Å². The third-order valence-corrected chi connectivity index (χ3v) is 3.08. The topological polar surface area (TPSA) is 17.5 Å². The van der Waals surface area contributed by atoms with Crippen LogP contribution < -0.4 is 9.30 Å². The first-order valence-corrected chi connectivity index (χ1v) is 5.95. The summed E-state index contributed by atoms with van der Waals surface area (Å²) in [6.07, 6.45) is 6.22. The molecule has 0 aliphatic heterocycles. The molecule has 0 saturated heterocycles. The van der Waals surface area contributed by atoms with Crippen LogP contribution in [-0.2, 0) is 6.54 Å². The van der Waals surface area contributed by atoms with Crippen molar-refractivity contribution in [2.75, 3.05) is 7.11 Å². The molecule has 0 atom stereocenters. The summed E-state index contributed by atoms with van der Waals surface area (Å²) in [5.41, 5.74) is 2.45. The highest BCUT2D eigenvalue weighted by molar-refractivity contribution is 5.32. The van der Waals surface area contributed by atoms with Gasteiger partial charge in [-0.2, -0.15) is 0 Å². The van der Waals surface area contributed by atoms with Crippen molar-refractivity contribution < 1.29 is 9.30 Å². The predicted octanol–water partition coefficient (Wildman–Crippen LogP) is 2.28. The van der Waals surface area contributed by atoms with Crippen LogP contribution >= 0.6 is 0 Å². The summed E-state index contributed by atoms with van der Waals surface area (Å²) in [6, 6.07) is 14.4. The number of methoxy groups -OCH3 is 1. The third-order valence-electron chi connectivity index (χ3n) is 3.08. The van der Waals surface area contributed by atoms with Gasteiger partial charge in [0.1, 0.15) is 24.7 Å². The van der Waals surface area contributed by atoms with Gasteiger partial charge in [0, 0.05) is 6.07 Å². The molecule has 0 bridgehead atoms. The highest BCUT2D eigenvalue weighted by Gasteiger charge is 2.08. The first-order valence-electron chi connectivity index (χ1n) is 5.95. The Bertz CT molecular complexity index is 656. The van der Waals surface area contributed by atoms with Crippen molar-refractivity contribution in [1.29, 1.82) is 0 Å². The fourth-order valence-electron chi connectivity index (χ4n) is 2.11. The van der Waals surface area contributed by atoms with Gasteiger partial charge in [0.25, 0.3) is 5.65 Å². The van der Waals surface area contributed by atoms with Gasteiger partial charge in [-0.1, -0.05) is 18.2 Å². The van der Waals surface area contributed by atoms with E-state index in [0.29, 0.717) is 0 Å². The van der Waals surface area contributed by atoms with E-state index in [9.17, 15) is 0 Å². The van der Waals surface area contributed by atoms with Crippen LogP contribution in [0.3, 0.4) is 0 Å².